The van der Waals surface area contributed by atoms with Crippen LogP contribution < -0.4 is 5.73 Å². The van der Waals surface area contributed by atoms with Crippen molar-refractivity contribution in [3.05, 3.63) is 34.9 Å². The van der Waals surface area contributed by atoms with E-state index in [-0.39, 0.29) is 11.8 Å². The van der Waals surface area contributed by atoms with E-state index in [4.69, 9.17) is 22.6 Å². The van der Waals surface area contributed by atoms with E-state index in [1.54, 1.807) is 12.3 Å². The summed E-state index contributed by atoms with van der Waals surface area (Å²) in [5, 5.41) is 8.99. The number of benzene rings is 1. The number of rotatable bonds is 2. The van der Waals surface area contributed by atoms with Crippen molar-refractivity contribution in [2.24, 2.45) is 10.7 Å². The molecule has 0 aliphatic carbocycles. The van der Waals surface area contributed by atoms with Crippen molar-refractivity contribution in [3.63, 3.8) is 0 Å². The van der Waals surface area contributed by atoms with Crippen molar-refractivity contribution in [1.82, 2.24) is 0 Å². The maximum Gasteiger partial charge on any atom is 0.207 e. The third-order valence-electron chi connectivity index (χ3n) is 1.99. The lowest BCUT2D eigenvalue weighted by atomic mass is 10.0. The number of nitriles is 1. The highest BCUT2D eigenvalue weighted by Crippen LogP contribution is 2.23. The van der Waals surface area contributed by atoms with Gasteiger partial charge in [0.15, 0.2) is 0 Å². The SMILES string of the molecule is CC(C(N)=NC#N)c1ccccc1Cl. The van der Waals surface area contributed by atoms with Crippen LogP contribution in [0.25, 0.3) is 0 Å². The number of hydrogen-bond acceptors (Lipinski definition) is 2. The summed E-state index contributed by atoms with van der Waals surface area (Å²) in [4.78, 5) is 3.48. The Kier molecular flexibility index (Phi) is 3.49. The second-order valence-electron chi connectivity index (χ2n) is 2.88. The van der Waals surface area contributed by atoms with Gasteiger partial charge in [0, 0.05) is 10.9 Å². The maximum absolute atomic E-state index is 8.35. The fourth-order valence-electron chi connectivity index (χ4n) is 1.14. The van der Waals surface area contributed by atoms with Crippen molar-refractivity contribution >= 4 is 17.4 Å². The lowest BCUT2D eigenvalue weighted by molar-refractivity contribution is 1.00. The average molecular weight is 208 g/mol. The van der Waals surface area contributed by atoms with Crippen LogP contribution in [0.15, 0.2) is 29.3 Å². The van der Waals surface area contributed by atoms with Gasteiger partial charge in [-0.2, -0.15) is 10.3 Å². The Morgan fingerprint density at radius 3 is 2.79 bits per heavy atom. The van der Waals surface area contributed by atoms with Gasteiger partial charge in [-0.25, -0.2) is 0 Å². The van der Waals surface area contributed by atoms with Crippen molar-refractivity contribution in [2.45, 2.75) is 12.8 Å². The van der Waals surface area contributed by atoms with Crippen LogP contribution in [0.1, 0.15) is 18.4 Å². The first-order chi connectivity index (χ1) is 6.66. The van der Waals surface area contributed by atoms with Crippen LogP contribution in [0, 0.1) is 11.5 Å². The van der Waals surface area contributed by atoms with Gasteiger partial charge < -0.3 is 5.73 Å². The molecule has 2 N–H and O–H groups in total. The van der Waals surface area contributed by atoms with Gasteiger partial charge in [-0.15, -0.1) is 0 Å². The van der Waals surface area contributed by atoms with E-state index in [2.05, 4.69) is 4.99 Å². The minimum atomic E-state index is -0.136. The van der Waals surface area contributed by atoms with E-state index in [9.17, 15) is 0 Å². The number of halogens is 1. The zero-order chi connectivity index (χ0) is 10.6. The third-order valence-corrected chi connectivity index (χ3v) is 2.34. The van der Waals surface area contributed by atoms with Crippen molar-refractivity contribution < 1.29 is 0 Å². The highest BCUT2D eigenvalue weighted by molar-refractivity contribution is 6.31. The summed E-state index contributed by atoms with van der Waals surface area (Å²) in [6.07, 6.45) is 1.66. The number of nitrogens with zero attached hydrogens (tertiary/aromatic N) is 2. The zero-order valence-electron chi connectivity index (χ0n) is 7.74. The molecular weight excluding hydrogens is 198 g/mol. The molecule has 0 aliphatic rings. The molecule has 1 unspecified atom stereocenters. The second kappa shape index (κ2) is 4.64. The van der Waals surface area contributed by atoms with E-state index in [1.807, 2.05) is 25.1 Å². The molecule has 0 saturated carbocycles. The molecule has 0 spiro atoms. The fraction of sp³-hybridized carbons (Fsp3) is 0.200. The van der Waals surface area contributed by atoms with Gasteiger partial charge in [-0.3, -0.25) is 0 Å². The molecule has 14 heavy (non-hydrogen) atoms. The van der Waals surface area contributed by atoms with E-state index >= 15 is 0 Å². The van der Waals surface area contributed by atoms with Crippen molar-refractivity contribution in [2.75, 3.05) is 0 Å². The molecule has 1 aromatic rings. The summed E-state index contributed by atoms with van der Waals surface area (Å²) in [7, 11) is 0. The lowest BCUT2D eigenvalue weighted by Gasteiger charge is -2.11. The lowest BCUT2D eigenvalue weighted by Crippen LogP contribution is -2.19. The Morgan fingerprint density at radius 2 is 2.21 bits per heavy atom. The Balaban J connectivity index is 3.02. The molecule has 4 heteroatoms. The summed E-state index contributed by atoms with van der Waals surface area (Å²) in [6.45, 7) is 1.86. The van der Waals surface area contributed by atoms with E-state index in [1.165, 1.54) is 0 Å². The van der Waals surface area contributed by atoms with Crippen LogP contribution in [0.2, 0.25) is 5.02 Å². The molecule has 72 valence electrons. The first kappa shape index (κ1) is 10.6. The summed E-state index contributed by atoms with van der Waals surface area (Å²) >= 11 is 5.97. The summed E-state index contributed by atoms with van der Waals surface area (Å²) in [6, 6.07) is 7.37. The highest BCUT2D eigenvalue weighted by Gasteiger charge is 2.12. The largest absolute Gasteiger partial charge is 0.386 e. The second-order valence-corrected chi connectivity index (χ2v) is 3.29. The summed E-state index contributed by atoms with van der Waals surface area (Å²) < 4.78 is 0. The van der Waals surface area contributed by atoms with Crippen LogP contribution in [0.5, 0.6) is 0 Å². The zero-order valence-corrected chi connectivity index (χ0v) is 8.49. The molecule has 0 amide bonds. The van der Waals surface area contributed by atoms with Gasteiger partial charge >= 0.3 is 0 Å². The molecule has 0 saturated heterocycles. The van der Waals surface area contributed by atoms with Crippen molar-refractivity contribution in [3.8, 4) is 6.19 Å². The Labute approximate surface area is 87.8 Å². The van der Waals surface area contributed by atoms with Gasteiger partial charge in [0.25, 0.3) is 0 Å². The van der Waals surface area contributed by atoms with Crippen LogP contribution in [-0.4, -0.2) is 5.84 Å². The molecule has 1 aromatic carbocycles. The minimum absolute atomic E-state index is 0.136. The smallest absolute Gasteiger partial charge is 0.207 e. The first-order valence-corrected chi connectivity index (χ1v) is 4.51. The van der Waals surface area contributed by atoms with Crippen LogP contribution in [-0.2, 0) is 0 Å². The number of nitrogens with two attached hydrogens (primary N) is 1. The molecule has 0 radical (unpaired) electrons. The summed E-state index contributed by atoms with van der Waals surface area (Å²) in [5.41, 5.74) is 6.48. The standard InChI is InChI=1S/C10H10ClN3/c1-7(10(13)14-6-12)8-4-2-3-5-9(8)11/h2-5,7H,1H3,(H2,13,14). The van der Waals surface area contributed by atoms with Gasteiger partial charge in [0.1, 0.15) is 5.84 Å². The Hall–Kier alpha value is -1.53. The first-order valence-electron chi connectivity index (χ1n) is 4.13. The molecule has 1 rings (SSSR count). The predicted octanol–water partition coefficient (Wildman–Crippen LogP) is 2.28. The maximum atomic E-state index is 8.35. The predicted molar refractivity (Wildman–Crippen MR) is 57.1 cm³/mol. The van der Waals surface area contributed by atoms with Crippen LogP contribution in [0.3, 0.4) is 0 Å². The average Bonchev–Trinajstić information content (AvgIpc) is 2.18. The molecule has 3 nitrogen and oxygen atoms in total. The molecule has 0 aliphatic heterocycles. The van der Waals surface area contributed by atoms with Crippen molar-refractivity contribution in [1.29, 1.82) is 5.26 Å². The Bertz CT molecular complexity index is 393. The monoisotopic (exact) mass is 207 g/mol. The van der Waals surface area contributed by atoms with Crippen LogP contribution >= 0.6 is 11.6 Å². The fourth-order valence-corrected chi connectivity index (χ4v) is 1.44. The molecular formula is C10H10ClN3. The number of aliphatic imine (C=N–C) groups is 1. The van der Waals surface area contributed by atoms with Gasteiger partial charge in [-0.1, -0.05) is 36.7 Å². The minimum Gasteiger partial charge on any atom is -0.386 e. The third kappa shape index (κ3) is 2.24. The number of hydrogen-bond donors (Lipinski definition) is 1. The van der Waals surface area contributed by atoms with E-state index in [0.717, 1.165) is 5.56 Å². The van der Waals surface area contributed by atoms with E-state index in [0.29, 0.717) is 5.02 Å². The quantitative estimate of drug-likeness (QED) is 0.460. The highest BCUT2D eigenvalue weighted by atomic mass is 35.5. The van der Waals surface area contributed by atoms with E-state index < -0.39 is 0 Å². The molecule has 0 fully saturated rings. The van der Waals surface area contributed by atoms with Crippen LogP contribution in [0.4, 0.5) is 0 Å². The Morgan fingerprint density at radius 1 is 1.57 bits per heavy atom. The normalized spacial score (nSPS) is 13.4. The number of amidine groups is 1. The van der Waals surface area contributed by atoms with Gasteiger partial charge in [0.2, 0.25) is 6.19 Å². The molecule has 1 atom stereocenters. The molecule has 0 aromatic heterocycles. The molecule has 0 heterocycles. The van der Waals surface area contributed by atoms with Gasteiger partial charge in [0.05, 0.1) is 0 Å². The van der Waals surface area contributed by atoms with Gasteiger partial charge in [-0.05, 0) is 11.6 Å². The molecule has 0 bridgehead atoms. The topological polar surface area (TPSA) is 62.2 Å². The summed E-state index contributed by atoms with van der Waals surface area (Å²) in [5.74, 6) is 0.143.